The average Bonchev–Trinajstić information content (AvgIpc) is 2.29. The molecule has 0 aromatic heterocycles. The maximum absolute atomic E-state index is 10.7. The molecule has 0 fully saturated rings. The first-order valence-electron chi connectivity index (χ1n) is 6.59. The van der Waals surface area contributed by atoms with E-state index in [1.165, 1.54) is 0 Å². The third-order valence-corrected chi connectivity index (χ3v) is 3.84. The van der Waals surface area contributed by atoms with E-state index in [1.807, 2.05) is 32.0 Å². The molecule has 0 radical (unpaired) electrons. The van der Waals surface area contributed by atoms with Gasteiger partial charge in [-0.05, 0) is 37.8 Å². The fourth-order valence-corrected chi connectivity index (χ4v) is 2.57. The van der Waals surface area contributed by atoms with Crippen molar-refractivity contribution in [1.29, 1.82) is 0 Å². The van der Waals surface area contributed by atoms with Crippen LogP contribution in [0.3, 0.4) is 0 Å². The lowest BCUT2D eigenvalue weighted by Gasteiger charge is -2.11. The summed E-state index contributed by atoms with van der Waals surface area (Å²) in [5, 5.41) is 4.93. The standard InChI is InChI=1S/C14H23NO3S/c1-12-8-7-9-13(2)14(12)18-10-5-3-4-6-11-19(15,16)17/h7-9H,3-6,10-11H2,1-2H3,(H2,15,16,17). The lowest BCUT2D eigenvalue weighted by molar-refractivity contribution is 0.301. The number of rotatable bonds is 8. The van der Waals surface area contributed by atoms with Gasteiger partial charge < -0.3 is 4.74 Å². The maximum atomic E-state index is 10.7. The summed E-state index contributed by atoms with van der Waals surface area (Å²) in [6.45, 7) is 4.74. The molecule has 108 valence electrons. The molecule has 0 heterocycles. The first-order chi connectivity index (χ1) is 8.90. The number of hydrogen-bond acceptors (Lipinski definition) is 3. The third kappa shape index (κ3) is 6.59. The third-order valence-electron chi connectivity index (χ3n) is 2.98. The second-order valence-corrected chi connectivity index (χ2v) is 6.58. The minimum absolute atomic E-state index is 0.0742. The smallest absolute Gasteiger partial charge is 0.209 e. The Labute approximate surface area is 116 Å². The number of sulfonamides is 1. The Kier molecular flexibility index (Phi) is 6.31. The quantitative estimate of drug-likeness (QED) is 0.746. The summed E-state index contributed by atoms with van der Waals surface area (Å²) in [6.07, 6.45) is 3.38. The lowest BCUT2D eigenvalue weighted by Crippen LogP contribution is -2.16. The van der Waals surface area contributed by atoms with Crippen molar-refractivity contribution in [1.82, 2.24) is 0 Å². The van der Waals surface area contributed by atoms with Crippen LogP contribution in [0.2, 0.25) is 0 Å². The normalized spacial score (nSPS) is 11.5. The number of para-hydroxylation sites is 1. The van der Waals surface area contributed by atoms with E-state index in [0.29, 0.717) is 13.0 Å². The van der Waals surface area contributed by atoms with Crippen molar-refractivity contribution in [2.75, 3.05) is 12.4 Å². The maximum Gasteiger partial charge on any atom is 0.209 e. The van der Waals surface area contributed by atoms with Crippen LogP contribution in [-0.4, -0.2) is 20.8 Å². The van der Waals surface area contributed by atoms with Gasteiger partial charge in [0.2, 0.25) is 10.0 Å². The molecule has 0 aliphatic carbocycles. The van der Waals surface area contributed by atoms with Gasteiger partial charge >= 0.3 is 0 Å². The van der Waals surface area contributed by atoms with Gasteiger partial charge in [-0.2, -0.15) is 0 Å². The topological polar surface area (TPSA) is 69.4 Å². The van der Waals surface area contributed by atoms with E-state index in [9.17, 15) is 8.42 Å². The van der Waals surface area contributed by atoms with Crippen molar-refractivity contribution in [3.8, 4) is 5.75 Å². The van der Waals surface area contributed by atoms with Crippen LogP contribution < -0.4 is 9.88 Å². The van der Waals surface area contributed by atoms with Gasteiger partial charge in [0.15, 0.2) is 0 Å². The van der Waals surface area contributed by atoms with Crippen molar-refractivity contribution in [3.05, 3.63) is 29.3 Å². The van der Waals surface area contributed by atoms with Gasteiger partial charge in [-0.25, -0.2) is 13.6 Å². The highest BCUT2D eigenvalue weighted by Gasteiger charge is 2.03. The van der Waals surface area contributed by atoms with Crippen molar-refractivity contribution in [3.63, 3.8) is 0 Å². The first kappa shape index (κ1) is 16.0. The minimum atomic E-state index is -3.30. The van der Waals surface area contributed by atoms with Gasteiger partial charge in [-0.1, -0.05) is 31.0 Å². The van der Waals surface area contributed by atoms with Crippen molar-refractivity contribution in [2.45, 2.75) is 39.5 Å². The molecule has 0 bridgehead atoms. The van der Waals surface area contributed by atoms with E-state index in [4.69, 9.17) is 9.88 Å². The zero-order chi connectivity index (χ0) is 14.3. The van der Waals surface area contributed by atoms with Gasteiger partial charge in [0, 0.05) is 0 Å². The number of ether oxygens (including phenoxy) is 1. The van der Waals surface area contributed by atoms with E-state index < -0.39 is 10.0 Å². The molecule has 0 spiro atoms. The molecule has 0 saturated heterocycles. The summed E-state index contributed by atoms with van der Waals surface area (Å²) in [5.41, 5.74) is 2.29. The Hall–Kier alpha value is -1.07. The minimum Gasteiger partial charge on any atom is -0.493 e. The van der Waals surface area contributed by atoms with Crippen molar-refractivity contribution >= 4 is 10.0 Å². The molecule has 4 nitrogen and oxygen atoms in total. The summed E-state index contributed by atoms with van der Waals surface area (Å²) in [4.78, 5) is 0. The number of unbranched alkanes of at least 4 members (excludes halogenated alkanes) is 3. The Morgan fingerprint density at radius 2 is 1.63 bits per heavy atom. The summed E-state index contributed by atoms with van der Waals surface area (Å²) < 4.78 is 27.2. The molecular weight excluding hydrogens is 262 g/mol. The summed E-state index contributed by atoms with van der Waals surface area (Å²) >= 11 is 0. The van der Waals surface area contributed by atoms with E-state index in [1.54, 1.807) is 0 Å². The van der Waals surface area contributed by atoms with E-state index in [0.717, 1.165) is 36.1 Å². The summed E-state index contributed by atoms with van der Waals surface area (Å²) in [6, 6.07) is 6.09. The van der Waals surface area contributed by atoms with Crippen LogP contribution in [0.25, 0.3) is 0 Å². The van der Waals surface area contributed by atoms with Gasteiger partial charge in [0.25, 0.3) is 0 Å². The first-order valence-corrected chi connectivity index (χ1v) is 8.31. The van der Waals surface area contributed by atoms with Crippen molar-refractivity contribution < 1.29 is 13.2 Å². The molecule has 0 aliphatic rings. The highest BCUT2D eigenvalue weighted by atomic mass is 32.2. The number of aryl methyl sites for hydroxylation is 2. The predicted octanol–water partition coefficient (Wildman–Crippen LogP) is 2.53. The molecule has 1 rings (SSSR count). The molecule has 0 aliphatic heterocycles. The molecule has 0 atom stereocenters. The predicted molar refractivity (Wildman–Crippen MR) is 77.9 cm³/mol. The Bertz CT molecular complexity index is 477. The largest absolute Gasteiger partial charge is 0.493 e. The van der Waals surface area contributed by atoms with Gasteiger partial charge in [0.05, 0.1) is 12.4 Å². The number of benzene rings is 1. The molecule has 19 heavy (non-hydrogen) atoms. The zero-order valence-electron chi connectivity index (χ0n) is 11.7. The van der Waals surface area contributed by atoms with E-state index in [2.05, 4.69) is 0 Å². The zero-order valence-corrected chi connectivity index (χ0v) is 12.5. The Balaban J connectivity index is 2.18. The molecule has 0 saturated carbocycles. The molecule has 1 aromatic rings. The van der Waals surface area contributed by atoms with Crippen LogP contribution in [0.1, 0.15) is 36.8 Å². The van der Waals surface area contributed by atoms with Gasteiger partial charge in [0.1, 0.15) is 5.75 Å². The van der Waals surface area contributed by atoms with Crippen LogP contribution in [0.15, 0.2) is 18.2 Å². The van der Waals surface area contributed by atoms with Crippen LogP contribution >= 0.6 is 0 Å². The second kappa shape index (κ2) is 7.50. The van der Waals surface area contributed by atoms with E-state index >= 15 is 0 Å². The molecule has 0 unspecified atom stereocenters. The monoisotopic (exact) mass is 285 g/mol. The van der Waals surface area contributed by atoms with Crippen LogP contribution in [0.5, 0.6) is 5.75 Å². The molecule has 2 N–H and O–H groups in total. The number of primary sulfonamides is 1. The molecular formula is C14H23NO3S. The fourth-order valence-electron chi connectivity index (χ4n) is 1.96. The highest BCUT2D eigenvalue weighted by molar-refractivity contribution is 7.89. The average molecular weight is 285 g/mol. The number of hydrogen-bond donors (Lipinski definition) is 1. The van der Waals surface area contributed by atoms with E-state index in [-0.39, 0.29) is 5.75 Å². The summed E-state index contributed by atoms with van der Waals surface area (Å²) in [5.74, 6) is 1.04. The number of nitrogens with two attached hydrogens (primary N) is 1. The van der Waals surface area contributed by atoms with Crippen LogP contribution in [0.4, 0.5) is 0 Å². The molecule has 1 aromatic carbocycles. The SMILES string of the molecule is Cc1cccc(C)c1OCCCCCCS(N)(=O)=O. The van der Waals surface area contributed by atoms with Gasteiger partial charge in [-0.3, -0.25) is 0 Å². The second-order valence-electron chi connectivity index (χ2n) is 4.85. The Morgan fingerprint density at radius 3 is 2.21 bits per heavy atom. The van der Waals surface area contributed by atoms with Crippen molar-refractivity contribution in [2.24, 2.45) is 5.14 Å². The van der Waals surface area contributed by atoms with Gasteiger partial charge in [-0.15, -0.1) is 0 Å². The fraction of sp³-hybridized carbons (Fsp3) is 0.571. The highest BCUT2D eigenvalue weighted by Crippen LogP contribution is 2.22. The molecule has 0 amide bonds. The van der Waals surface area contributed by atoms with Crippen LogP contribution in [0, 0.1) is 13.8 Å². The lowest BCUT2D eigenvalue weighted by atomic mass is 10.1. The molecule has 5 heteroatoms. The Morgan fingerprint density at radius 1 is 1.05 bits per heavy atom. The van der Waals surface area contributed by atoms with Crippen LogP contribution in [-0.2, 0) is 10.0 Å². The summed E-state index contributed by atoms with van der Waals surface area (Å²) in [7, 11) is -3.30.